The Balaban J connectivity index is 1.57. The van der Waals surface area contributed by atoms with Gasteiger partial charge < -0.3 is 9.84 Å². The van der Waals surface area contributed by atoms with Crippen molar-refractivity contribution >= 4 is 27.5 Å². The number of benzene rings is 1. The third-order valence-electron chi connectivity index (χ3n) is 4.35. The second kappa shape index (κ2) is 7.91. The SMILES string of the molecule is CS(=O)(=O)N1CCC(c2noc(CNC(=O)c3cc(Cl)ccc3F)n2)CC1. The van der Waals surface area contributed by atoms with E-state index in [4.69, 9.17) is 16.1 Å². The Morgan fingerprint density at radius 2 is 2.11 bits per heavy atom. The van der Waals surface area contributed by atoms with E-state index in [9.17, 15) is 17.6 Å². The number of rotatable bonds is 5. The molecule has 8 nitrogen and oxygen atoms in total. The number of carbonyl (C=O) groups is 1. The monoisotopic (exact) mass is 416 g/mol. The molecule has 1 fully saturated rings. The number of sulfonamides is 1. The molecule has 0 radical (unpaired) electrons. The summed E-state index contributed by atoms with van der Waals surface area (Å²) in [6.07, 6.45) is 2.36. The van der Waals surface area contributed by atoms with Gasteiger partial charge >= 0.3 is 0 Å². The van der Waals surface area contributed by atoms with E-state index in [-0.39, 0.29) is 28.9 Å². The van der Waals surface area contributed by atoms with Gasteiger partial charge in [-0.3, -0.25) is 4.79 Å². The van der Waals surface area contributed by atoms with E-state index in [1.165, 1.54) is 22.7 Å². The van der Waals surface area contributed by atoms with Gasteiger partial charge in [0.2, 0.25) is 15.9 Å². The molecule has 0 aliphatic carbocycles. The lowest BCUT2D eigenvalue weighted by molar-refractivity contribution is 0.0942. The molecule has 1 aromatic heterocycles. The highest BCUT2D eigenvalue weighted by Gasteiger charge is 2.28. The summed E-state index contributed by atoms with van der Waals surface area (Å²) in [4.78, 5) is 16.3. The molecule has 0 atom stereocenters. The average molecular weight is 417 g/mol. The minimum atomic E-state index is -3.20. The van der Waals surface area contributed by atoms with Gasteiger partial charge in [0.1, 0.15) is 5.82 Å². The van der Waals surface area contributed by atoms with E-state index < -0.39 is 21.7 Å². The standard InChI is InChI=1S/C16H18ClFN4O4S/c1-27(24,25)22-6-4-10(5-7-22)15-20-14(26-21-15)9-19-16(23)12-8-11(17)2-3-13(12)18/h2-3,8,10H,4-7,9H2,1H3,(H,19,23). The highest BCUT2D eigenvalue weighted by atomic mass is 35.5. The summed E-state index contributed by atoms with van der Waals surface area (Å²) in [5, 5.41) is 6.67. The first-order chi connectivity index (χ1) is 12.7. The van der Waals surface area contributed by atoms with Gasteiger partial charge in [0, 0.05) is 24.0 Å². The predicted molar refractivity (Wildman–Crippen MR) is 95.3 cm³/mol. The third-order valence-corrected chi connectivity index (χ3v) is 5.88. The van der Waals surface area contributed by atoms with E-state index in [2.05, 4.69) is 15.5 Å². The smallest absolute Gasteiger partial charge is 0.254 e. The summed E-state index contributed by atoms with van der Waals surface area (Å²) >= 11 is 5.78. The Morgan fingerprint density at radius 3 is 2.78 bits per heavy atom. The Morgan fingerprint density at radius 1 is 1.41 bits per heavy atom. The van der Waals surface area contributed by atoms with Gasteiger partial charge in [-0.15, -0.1) is 0 Å². The van der Waals surface area contributed by atoms with E-state index in [1.54, 1.807) is 0 Å². The number of hydrogen-bond acceptors (Lipinski definition) is 6. The van der Waals surface area contributed by atoms with E-state index in [0.717, 1.165) is 6.07 Å². The van der Waals surface area contributed by atoms with Crippen LogP contribution in [0.5, 0.6) is 0 Å². The zero-order valence-electron chi connectivity index (χ0n) is 14.5. The minimum absolute atomic E-state index is 0.0124. The largest absolute Gasteiger partial charge is 0.343 e. The van der Waals surface area contributed by atoms with Crippen LogP contribution >= 0.6 is 11.6 Å². The molecule has 1 aliphatic heterocycles. The Hall–Kier alpha value is -2.04. The molecule has 0 saturated carbocycles. The lowest BCUT2D eigenvalue weighted by atomic mass is 9.98. The van der Waals surface area contributed by atoms with Gasteiger partial charge in [-0.05, 0) is 31.0 Å². The molecule has 1 aliphatic rings. The lowest BCUT2D eigenvalue weighted by Crippen LogP contribution is -2.37. The number of aromatic nitrogens is 2. The van der Waals surface area contributed by atoms with Crippen molar-refractivity contribution in [1.29, 1.82) is 0 Å². The van der Waals surface area contributed by atoms with Gasteiger partial charge in [0.05, 0.1) is 18.4 Å². The molecule has 11 heteroatoms. The van der Waals surface area contributed by atoms with Crippen LogP contribution in [-0.4, -0.2) is 48.1 Å². The zero-order valence-corrected chi connectivity index (χ0v) is 16.1. The van der Waals surface area contributed by atoms with Gasteiger partial charge in [-0.2, -0.15) is 4.98 Å². The maximum absolute atomic E-state index is 13.7. The van der Waals surface area contributed by atoms with Crippen molar-refractivity contribution in [3.05, 3.63) is 46.3 Å². The fourth-order valence-corrected chi connectivity index (χ4v) is 3.92. The molecule has 3 rings (SSSR count). The molecule has 146 valence electrons. The van der Waals surface area contributed by atoms with Gasteiger partial charge in [-0.25, -0.2) is 17.1 Å². The first kappa shape index (κ1) is 19.7. The molecule has 0 unspecified atom stereocenters. The summed E-state index contributed by atoms with van der Waals surface area (Å²) in [6, 6.07) is 3.71. The second-order valence-electron chi connectivity index (χ2n) is 6.29. The maximum atomic E-state index is 13.7. The predicted octanol–water partition coefficient (Wildman–Crippen LogP) is 1.93. The molecule has 0 spiro atoms. The molecule has 2 aromatic rings. The maximum Gasteiger partial charge on any atom is 0.254 e. The number of hydrogen-bond donors (Lipinski definition) is 1. The minimum Gasteiger partial charge on any atom is -0.343 e. The van der Waals surface area contributed by atoms with E-state index >= 15 is 0 Å². The van der Waals surface area contributed by atoms with Crippen LogP contribution in [-0.2, 0) is 16.6 Å². The van der Waals surface area contributed by atoms with Crippen molar-refractivity contribution in [1.82, 2.24) is 19.8 Å². The second-order valence-corrected chi connectivity index (χ2v) is 8.71. The first-order valence-corrected chi connectivity index (χ1v) is 10.5. The molecule has 2 heterocycles. The van der Waals surface area contributed by atoms with Crippen LogP contribution in [0.1, 0.15) is 40.8 Å². The van der Waals surface area contributed by atoms with Gasteiger partial charge in [0.15, 0.2) is 5.82 Å². The third kappa shape index (κ3) is 4.82. The molecule has 1 saturated heterocycles. The quantitative estimate of drug-likeness (QED) is 0.798. The molecule has 1 aromatic carbocycles. The molecule has 1 amide bonds. The van der Waals surface area contributed by atoms with Crippen LogP contribution in [0.15, 0.2) is 22.7 Å². The molecule has 0 bridgehead atoms. The first-order valence-electron chi connectivity index (χ1n) is 8.25. The van der Waals surface area contributed by atoms with Crippen LogP contribution in [0.2, 0.25) is 5.02 Å². The number of nitrogens with one attached hydrogen (secondary N) is 1. The van der Waals surface area contributed by atoms with E-state index in [1.807, 2.05) is 0 Å². The van der Waals surface area contributed by atoms with Crippen molar-refractivity contribution in [2.24, 2.45) is 0 Å². The topological polar surface area (TPSA) is 105 Å². The lowest BCUT2D eigenvalue weighted by Gasteiger charge is -2.28. The Bertz CT molecular complexity index is 942. The molecular weight excluding hydrogens is 399 g/mol. The number of carbonyl (C=O) groups excluding carboxylic acids is 1. The van der Waals surface area contributed by atoms with Crippen molar-refractivity contribution in [2.45, 2.75) is 25.3 Å². The van der Waals surface area contributed by atoms with Crippen LogP contribution in [0.3, 0.4) is 0 Å². The number of amides is 1. The Kier molecular flexibility index (Phi) is 5.78. The van der Waals surface area contributed by atoms with Crippen molar-refractivity contribution in [3.8, 4) is 0 Å². The number of halogens is 2. The average Bonchev–Trinajstić information content (AvgIpc) is 3.10. The highest BCUT2D eigenvalue weighted by molar-refractivity contribution is 7.88. The fraction of sp³-hybridized carbons (Fsp3) is 0.438. The number of piperidine rings is 1. The van der Waals surface area contributed by atoms with Gasteiger partial charge in [0.25, 0.3) is 5.91 Å². The van der Waals surface area contributed by atoms with Crippen LogP contribution < -0.4 is 5.32 Å². The summed E-state index contributed by atoms with van der Waals surface area (Å²) < 4.78 is 43.3. The summed E-state index contributed by atoms with van der Waals surface area (Å²) in [5.74, 6) is -0.675. The van der Waals surface area contributed by atoms with Crippen molar-refractivity contribution in [3.63, 3.8) is 0 Å². The molecule has 27 heavy (non-hydrogen) atoms. The number of nitrogens with zero attached hydrogens (tertiary/aromatic N) is 3. The van der Waals surface area contributed by atoms with Crippen LogP contribution in [0, 0.1) is 5.82 Å². The van der Waals surface area contributed by atoms with Crippen LogP contribution in [0.25, 0.3) is 0 Å². The molecular formula is C16H18ClFN4O4S. The fourth-order valence-electron chi connectivity index (χ4n) is 2.87. The highest BCUT2D eigenvalue weighted by Crippen LogP contribution is 2.27. The zero-order chi connectivity index (χ0) is 19.6. The van der Waals surface area contributed by atoms with Crippen molar-refractivity contribution in [2.75, 3.05) is 19.3 Å². The summed E-state index contributed by atoms with van der Waals surface area (Å²) in [6.45, 7) is 0.746. The van der Waals surface area contributed by atoms with E-state index in [0.29, 0.717) is 31.8 Å². The molecule has 1 N–H and O–H groups in total. The Labute approximate surface area is 160 Å². The summed E-state index contributed by atoms with van der Waals surface area (Å²) in [5.41, 5.74) is -0.171. The normalized spacial score (nSPS) is 16.4. The van der Waals surface area contributed by atoms with Crippen molar-refractivity contribution < 1.29 is 22.1 Å². The van der Waals surface area contributed by atoms with Crippen LogP contribution in [0.4, 0.5) is 4.39 Å². The summed E-state index contributed by atoms with van der Waals surface area (Å²) in [7, 11) is -3.20. The van der Waals surface area contributed by atoms with Gasteiger partial charge in [-0.1, -0.05) is 16.8 Å².